The third-order valence-corrected chi connectivity index (χ3v) is 4.44. The van der Waals surface area contributed by atoms with Crippen LogP contribution in [0.4, 0.5) is 0 Å². The molecule has 1 aliphatic heterocycles. The maximum absolute atomic E-state index is 12.3. The molecule has 0 saturated carbocycles. The van der Waals surface area contributed by atoms with Gasteiger partial charge >= 0.3 is 0 Å². The van der Waals surface area contributed by atoms with Crippen LogP contribution in [0.3, 0.4) is 0 Å². The zero-order chi connectivity index (χ0) is 16.1. The Labute approximate surface area is 137 Å². The van der Waals surface area contributed by atoms with Gasteiger partial charge < -0.3 is 19.2 Å². The lowest BCUT2D eigenvalue weighted by Gasteiger charge is -2.30. The van der Waals surface area contributed by atoms with Crippen LogP contribution in [0, 0.1) is 0 Å². The van der Waals surface area contributed by atoms with Crippen molar-refractivity contribution in [1.29, 1.82) is 0 Å². The molecule has 1 saturated heterocycles. The van der Waals surface area contributed by atoms with E-state index in [4.69, 9.17) is 13.9 Å². The van der Waals surface area contributed by atoms with Gasteiger partial charge in [-0.15, -0.1) is 0 Å². The van der Waals surface area contributed by atoms with Gasteiger partial charge in [0, 0.05) is 13.7 Å². The lowest BCUT2D eigenvalue weighted by Crippen LogP contribution is -2.50. The predicted octanol–water partition coefficient (Wildman–Crippen LogP) is 1.22. The average molecular weight is 338 g/mol. The molecule has 0 aliphatic carbocycles. The molecule has 2 aromatic heterocycles. The smallest absolute Gasteiger partial charge is 0.287 e. The van der Waals surface area contributed by atoms with E-state index in [1.165, 1.54) is 18.1 Å². The van der Waals surface area contributed by atoms with Crippen LogP contribution in [0.5, 0.6) is 0 Å². The predicted molar refractivity (Wildman–Crippen MR) is 82.1 cm³/mol. The minimum absolute atomic E-state index is 0.0378. The Balaban J connectivity index is 1.55. The molecule has 124 valence electrons. The van der Waals surface area contributed by atoms with Crippen LogP contribution >= 0.6 is 11.8 Å². The fraction of sp³-hybridized carbons (Fsp3) is 0.500. The molecule has 1 aliphatic rings. The first-order valence-electron chi connectivity index (χ1n) is 7.24. The van der Waals surface area contributed by atoms with E-state index in [9.17, 15) is 4.79 Å². The monoisotopic (exact) mass is 338 g/mol. The molecule has 1 fully saturated rings. The highest BCUT2D eigenvalue weighted by atomic mass is 32.2. The molecule has 3 heterocycles. The summed E-state index contributed by atoms with van der Waals surface area (Å²) in [6, 6.07) is 3.28. The zero-order valence-corrected chi connectivity index (χ0v) is 13.5. The number of amides is 1. The standard InChI is InChI=1S/C14H18N4O4S/c1-20-11-4-5-21-6-10(11)17-13(19)12-3-2-9(22-12)7-23-14-15-8-16-18-14/h2-3,8,10-11H,4-7H2,1H3,(H,17,19)(H,15,16,18)/t10-,11-/m1/s1. The van der Waals surface area contributed by atoms with Crippen molar-refractivity contribution in [2.45, 2.75) is 29.5 Å². The third-order valence-electron chi connectivity index (χ3n) is 3.54. The Morgan fingerprint density at radius 1 is 1.57 bits per heavy atom. The second kappa shape index (κ2) is 7.62. The number of carbonyl (C=O) groups is 1. The van der Waals surface area contributed by atoms with E-state index in [2.05, 4.69) is 20.5 Å². The van der Waals surface area contributed by atoms with Crippen molar-refractivity contribution in [2.24, 2.45) is 0 Å². The van der Waals surface area contributed by atoms with Crippen LogP contribution in [0.15, 0.2) is 28.0 Å². The number of hydrogen-bond donors (Lipinski definition) is 2. The van der Waals surface area contributed by atoms with E-state index >= 15 is 0 Å². The molecule has 0 unspecified atom stereocenters. The second-order valence-corrected chi connectivity index (χ2v) is 6.03. The average Bonchev–Trinajstić information content (AvgIpc) is 3.25. The van der Waals surface area contributed by atoms with Gasteiger partial charge in [-0.1, -0.05) is 11.8 Å². The first-order valence-corrected chi connectivity index (χ1v) is 8.23. The van der Waals surface area contributed by atoms with E-state index in [1.807, 2.05) is 0 Å². The van der Waals surface area contributed by atoms with Crippen LogP contribution in [0.1, 0.15) is 22.7 Å². The van der Waals surface area contributed by atoms with Crippen molar-refractivity contribution in [3.05, 3.63) is 30.0 Å². The number of nitrogens with one attached hydrogen (secondary N) is 2. The number of ether oxygens (including phenoxy) is 2. The van der Waals surface area contributed by atoms with E-state index in [1.54, 1.807) is 19.2 Å². The Kier molecular flexibility index (Phi) is 5.31. The topological polar surface area (TPSA) is 102 Å². The van der Waals surface area contributed by atoms with Gasteiger partial charge in [-0.05, 0) is 18.6 Å². The summed E-state index contributed by atoms with van der Waals surface area (Å²) >= 11 is 1.45. The summed E-state index contributed by atoms with van der Waals surface area (Å²) in [6.45, 7) is 1.09. The van der Waals surface area contributed by atoms with Gasteiger partial charge in [-0.2, -0.15) is 5.10 Å². The first kappa shape index (κ1) is 16.0. The molecule has 0 bridgehead atoms. The number of rotatable bonds is 6. The lowest BCUT2D eigenvalue weighted by atomic mass is 10.1. The van der Waals surface area contributed by atoms with Crippen LogP contribution in [-0.4, -0.2) is 53.6 Å². The molecule has 3 rings (SSSR count). The maximum Gasteiger partial charge on any atom is 0.287 e. The molecule has 0 spiro atoms. The highest BCUT2D eigenvalue weighted by molar-refractivity contribution is 7.98. The highest BCUT2D eigenvalue weighted by Gasteiger charge is 2.28. The number of thioether (sulfide) groups is 1. The van der Waals surface area contributed by atoms with Gasteiger partial charge in [-0.25, -0.2) is 4.98 Å². The molecular weight excluding hydrogens is 320 g/mol. The summed E-state index contributed by atoms with van der Waals surface area (Å²) in [4.78, 5) is 16.3. The van der Waals surface area contributed by atoms with Gasteiger partial charge in [0.1, 0.15) is 12.1 Å². The van der Waals surface area contributed by atoms with Crippen molar-refractivity contribution in [3.63, 3.8) is 0 Å². The molecule has 0 radical (unpaired) electrons. The Bertz CT molecular complexity index is 631. The highest BCUT2D eigenvalue weighted by Crippen LogP contribution is 2.20. The van der Waals surface area contributed by atoms with Crippen molar-refractivity contribution in [3.8, 4) is 0 Å². The normalized spacial score (nSPS) is 21.3. The van der Waals surface area contributed by atoms with E-state index in [0.29, 0.717) is 29.9 Å². The van der Waals surface area contributed by atoms with Gasteiger partial charge in [0.25, 0.3) is 5.91 Å². The minimum Gasteiger partial charge on any atom is -0.455 e. The summed E-state index contributed by atoms with van der Waals surface area (Å²) in [5, 5.41) is 10.1. The molecule has 8 nitrogen and oxygen atoms in total. The largest absolute Gasteiger partial charge is 0.455 e. The van der Waals surface area contributed by atoms with Crippen molar-refractivity contribution in [1.82, 2.24) is 20.5 Å². The quantitative estimate of drug-likeness (QED) is 0.764. The molecule has 0 aromatic carbocycles. The van der Waals surface area contributed by atoms with E-state index in [-0.39, 0.29) is 23.8 Å². The summed E-state index contributed by atoms with van der Waals surface area (Å²) in [5.74, 6) is 1.27. The number of aromatic amines is 1. The van der Waals surface area contributed by atoms with Crippen LogP contribution in [0.25, 0.3) is 0 Å². The van der Waals surface area contributed by atoms with Crippen LogP contribution < -0.4 is 5.32 Å². The van der Waals surface area contributed by atoms with Crippen LogP contribution in [-0.2, 0) is 15.2 Å². The van der Waals surface area contributed by atoms with Gasteiger partial charge in [0.05, 0.1) is 24.5 Å². The lowest BCUT2D eigenvalue weighted by molar-refractivity contribution is -0.0351. The molecule has 23 heavy (non-hydrogen) atoms. The fourth-order valence-electron chi connectivity index (χ4n) is 2.36. The van der Waals surface area contributed by atoms with E-state index in [0.717, 1.165) is 6.42 Å². The number of hydrogen-bond acceptors (Lipinski definition) is 7. The van der Waals surface area contributed by atoms with Crippen molar-refractivity contribution >= 4 is 17.7 Å². The molecule has 2 aromatic rings. The Morgan fingerprint density at radius 2 is 2.48 bits per heavy atom. The number of nitrogens with zero attached hydrogens (tertiary/aromatic N) is 2. The number of methoxy groups -OCH3 is 1. The molecular formula is C14H18N4O4S. The van der Waals surface area contributed by atoms with Crippen molar-refractivity contribution in [2.75, 3.05) is 20.3 Å². The third kappa shape index (κ3) is 4.12. The molecule has 1 amide bonds. The van der Waals surface area contributed by atoms with Gasteiger partial charge in [0.15, 0.2) is 10.9 Å². The molecule has 9 heteroatoms. The minimum atomic E-state index is -0.265. The summed E-state index contributed by atoms with van der Waals surface area (Å²) < 4.78 is 16.3. The van der Waals surface area contributed by atoms with Crippen molar-refractivity contribution < 1.29 is 18.7 Å². The number of carbonyl (C=O) groups excluding carboxylic acids is 1. The number of furan rings is 1. The molecule has 2 N–H and O–H groups in total. The van der Waals surface area contributed by atoms with E-state index < -0.39 is 0 Å². The summed E-state index contributed by atoms with van der Waals surface area (Å²) in [6.07, 6.45) is 2.17. The zero-order valence-electron chi connectivity index (χ0n) is 12.7. The summed E-state index contributed by atoms with van der Waals surface area (Å²) in [5.41, 5.74) is 0. The number of H-pyrrole nitrogens is 1. The maximum atomic E-state index is 12.3. The first-order chi connectivity index (χ1) is 11.3. The van der Waals surface area contributed by atoms with Gasteiger partial charge in [0.2, 0.25) is 0 Å². The summed E-state index contributed by atoms with van der Waals surface area (Å²) in [7, 11) is 1.64. The Morgan fingerprint density at radius 3 is 3.26 bits per heavy atom. The van der Waals surface area contributed by atoms with Gasteiger partial charge in [-0.3, -0.25) is 9.89 Å². The Hall–Kier alpha value is -1.84. The second-order valence-electron chi connectivity index (χ2n) is 5.06. The van der Waals surface area contributed by atoms with Crippen LogP contribution in [0.2, 0.25) is 0 Å². The fourth-order valence-corrected chi connectivity index (χ4v) is 3.03. The number of aromatic nitrogens is 3. The molecule has 2 atom stereocenters. The SMILES string of the molecule is CO[C@@H]1CCOC[C@H]1NC(=O)c1ccc(CSc2ncn[nH]2)o1.